The van der Waals surface area contributed by atoms with Crippen molar-refractivity contribution < 1.29 is 19.1 Å². The van der Waals surface area contributed by atoms with Crippen molar-refractivity contribution in [1.82, 2.24) is 0 Å². The number of carbonyl (C=O) groups is 2. The zero-order valence-corrected chi connectivity index (χ0v) is 13.5. The van der Waals surface area contributed by atoms with Gasteiger partial charge in [0, 0.05) is 5.69 Å². The molecule has 0 saturated carbocycles. The summed E-state index contributed by atoms with van der Waals surface area (Å²) < 4.78 is 10.2. The Morgan fingerprint density at radius 3 is 2.48 bits per heavy atom. The minimum atomic E-state index is -0.699. The first-order valence-electron chi connectivity index (χ1n) is 6.91. The van der Waals surface area contributed by atoms with Crippen molar-refractivity contribution in [2.75, 3.05) is 12.4 Å². The molecule has 1 amide bonds. The number of hydrogen-bond donors (Lipinski definition) is 1. The molecule has 2 rings (SSSR count). The lowest BCUT2D eigenvalue weighted by atomic mass is 10.2. The number of benzene rings is 2. The van der Waals surface area contributed by atoms with Gasteiger partial charge < -0.3 is 14.8 Å². The van der Waals surface area contributed by atoms with Gasteiger partial charge in [-0.2, -0.15) is 0 Å². The molecular formula is C17H16ClNO4. The minimum absolute atomic E-state index is 0.184. The van der Waals surface area contributed by atoms with Crippen LogP contribution in [0.1, 0.15) is 17.3 Å². The molecule has 1 atom stereocenters. The van der Waals surface area contributed by atoms with Crippen LogP contribution in [0.25, 0.3) is 0 Å². The van der Waals surface area contributed by atoms with Gasteiger partial charge >= 0.3 is 5.97 Å². The number of ether oxygens (including phenoxy) is 2. The molecule has 2 aromatic rings. The molecule has 6 heteroatoms. The van der Waals surface area contributed by atoms with Gasteiger partial charge in [0.2, 0.25) is 0 Å². The number of halogens is 1. The maximum atomic E-state index is 12.2. The average Bonchev–Trinajstić information content (AvgIpc) is 2.56. The van der Waals surface area contributed by atoms with Crippen molar-refractivity contribution in [2.24, 2.45) is 0 Å². The summed E-state index contributed by atoms with van der Waals surface area (Å²) in [6.07, 6.45) is -0.699. The molecule has 0 bridgehead atoms. The Hall–Kier alpha value is -2.53. The van der Waals surface area contributed by atoms with E-state index in [9.17, 15) is 9.59 Å². The lowest BCUT2D eigenvalue weighted by Gasteiger charge is -2.15. The number of nitrogens with one attached hydrogen (secondary N) is 1. The van der Waals surface area contributed by atoms with Crippen LogP contribution >= 0.6 is 11.6 Å². The molecule has 0 spiro atoms. The number of carbonyl (C=O) groups excluding carboxylic acids is 2. The number of amides is 1. The van der Waals surface area contributed by atoms with E-state index >= 15 is 0 Å². The van der Waals surface area contributed by atoms with Gasteiger partial charge in [0.25, 0.3) is 5.91 Å². The van der Waals surface area contributed by atoms with Crippen molar-refractivity contribution >= 4 is 29.2 Å². The molecule has 0 aliphatic rings. The van der Waals surface area contributed by atoms with Crippen LogP contribution in [0.4, 0.5) is 5.69 Å². The lowest BCUT2D eigenvalue weighted by Crippen LogP contribution is -2.30. The maximum absolute atomic E-state index is 12.2. The van der Waals surface area contributed by atoms with Gasteiger partial charge in [-0.25, -0.2) is 4.79 Å². The van der Waals surface area contributed by atoms with Crippen LogP contribution in [0.3, 0.4) is 0 Å². The highest BCUT2D eigenvalue weighted by Gasteiger charge is 2.17. The molecule has 1 N–H and O–H groups in total. The van der Waals surface area contributed by atoms with Crippen molar-refractivity contribution in [3.63, 3.8) is 0 Å². The number of para-hydroxylation sites is 1. The number of anilines is 1. The highest BCUT2D eigenvalue weighted by molar-refractivity contribution is 6.33. The monoisotopic (exact) mass is 333 g/mol. The second kappa shape index (κ2) is 7.65. The molecule has 5 nitrogen and oxygen atoms in total. The molecule has 2 aromatic carbocycles. The normalized spacial score (nSPS) is 11.4. The smallest absolute Gasteiger partial charge is 0.339 e. The Labute approximate surface area is 139 Å². The highest BCUT2D eigenvalue weighted by Crippen LogP contribution is 2.22. The number of methoxy groups -OCH3 is 1. The van der Waals surface area contributed by atoms with E-state index in [-0.39, 0.29) is 16.5 Å². The van der Waals surface area contributed by atoms with Gasteiger partial charge in [-0.15, -0.1) is 0 Å². The summed E-state index contributed by atoms with van der Waals surface area (Å²) in [7, 11) is 1.26. The van der Waals surface area contributed by atoms with Crippen LogP contribution in [0, 0.1) is 0 Å². The summed E-state index contributed by atoms with van der Waals surface area (Å²) in [5, 5.41) is 2.93. The fraction of sp³-hybridized carbons (Fsp3) is 0.176. The van der Waals surface area contributed by atoms with Gasteiger partial charge in [0.1, 0.15) is 5.75 Å². The third kappa shape index (κ3) is 4.47. The number of hydrogen-bond acceptors (Lipinski definition) is 4. The molecule has 0 fully saturated rings. The Bertz CT molecular complexity index is 703. The average molecular weight is 334 g/mol. The second-order valence-corrected chi connectivity index (χ2v) is 5.16. The zero-order chi connectivity index (χ0) is 16.8. The van der Waals surface area contributed by atoms with Gasteiger partial charge in [-0.1, -0.05) is 29.8 Å². The van der Waals surface area contributed by atoms with E-state index in [4.69, 9.17) is 16.3 Å². The van der Waals surface area contributed by atoms with Crippen LogP contribution in [-0.2, 0) is 9.53 Å². The molecule has 0 aromatic heterocycles. The number of esters is 1. The summed E-state index contributed by atoms with van der Waals surface area (Å²) in [4.78, 5) is 23.8. The quantitative estimate of drug-likeness (QED) is 0.850. The summed E-state index contributed by atoms with van der Waals surface area (Å²) in [6.45, 7) is 1.64. The van der Waals surface area contributed by atoms with E-state index in [0.29, 0.717) is 11.4 Å². The fourth-order valence-corrected chi connectivity index (χ4v) is 2.06. The Morgan fingerprint density at radius 1 is 1.13 bits per heavy atom. The summed E-state index contributed by atoms with van der Waals surface area (Å²) in [5.74, 6) is -0.312. The molecule has 0 aliphatic carbocycles. The van der Waals surface area contributed by atoms with Crippen LogP contribution in [-0.4, -0.2) is 25.1 Å². The van der Waals surface area contributed by atoms with Gasteiger partial charge in [-0.3, -0.25) is 4.79 Å². The lowest BCUT2D eigenvalue weighted by molar-refractivity contribution is -0.122. The Morgan fingerprint density at radius 2 is 1.83 bits per heavy atom. The van der Waals surface area contributed by atoms with Gasteiger partial charge in [-0.05, 0) is 37.3 Å². The van der Waals surface area contributed by atoms with E-state index < -0.39 is 12.1 Å². The number of rotatable bonds is 5. The molecule has 0 aliphatic heterocycles. The van der Waals surface area contributed by atoms with Crippen LogP contribution in [0.15, 0.2) is 48.5 Å². The van der Waals surface area contributed by atoms with Crippen molar-refractivity contribution in [2.45, 2.75) is 13.0 Å². The minimum Gasteiger partial charge on any atom is -0.481 e. The van der Waals surface area contributed by atoms with E-state index in [2.05, 4.69) is 10.1 Å². The van der Waals surface area contributed by atoms with Gasteiger partial charge in [0.05, 0.1) is 17.7 Å². The summed E-state index contributed by atoms with van der Waals surface area (Å²) in [5.41, 5.74) is 0.618. The molecule has 0 radical (unpaired) electrons. The Kier molecular flexibility index (Phi) is 5.60. The SMILES string of the molecule is COC(=O)c1cc(NC(=O)[C@@H](C)Oc2ccccc2)ccc1Cl. The summed E-state index contributed by atoms with van der Waals surface area (Å²) >= 11 is 5.94. The van der Waals surface area contributed by atoms with Crippen molar-refractivity contribution in [3.05, 3.63) is 59.1 Å². The fourth-order valence-electron chi connectivity index (χ4n) is 1.87. The van der Waals surface area contributed by atoms with E-state index in [1.807, 2.05) is 18.2 Å². The topological polar surface area (TPSA) is 64.6 Å². The summed E-state index contributed by atoms with van der Waals surface area (Å²) in [6, 6.07) is 13.6. The van der Waals surface area contributed by atoms with E-state index in [0.717, 1.165) is 0 Å². The molecule has 0 saturated heterocycles. The Balaban J connectivity index is 2.06. The molecule has 0 unspecified atom stereocenters. The van der Waals surface area contributed by atoms with Gasteiger partial charge in [0.15, 0.2) is 6.10 Å². The van der Waals surface area contributed by atoms with E-state index in [1.165, 1.54) is 19.2 Å². The largest absolute Gasteiger partial charge is 0.481 e. The third-order valence-corrected chi connectivity index (χ3v) is 3.39. The molecule has 120 valence electrons. The maximum Gasteiger partial charge on any atom is 0.339 e. The first kappa shape index (κ1) is 16.8. The second-order valence-electron chi connectivity index (χ2n) is 4.75. The highest BCUT2D eigenvalue weighted by atomic mass is 35.5. The van der Waals surface area contributed by atoms with Crippen molar-refractivity contribution in [3.8, 4) is 5.75 Å². The first-order chi connectivity index (χ1) is 11.0. The zero-order valence-electron chi connectivity index (χ0n) is 12.7. The van der Waals surface area contributed by atoms with E-state index in [1.54, 1.807) is 25.1 Å². The molecular weight excluding hydrogens is 318 g/mol. The van der Waals surface area contributed by atoms with Crippen LogP contribution in [0.5, 0.6) is 5.75 Å². The van der Waals surface area contributed by atoms with Crippen LogP contribution in [0.2, 0.25) is 5.02 Å². The third-order valence-electron chi connectivity index (χ3n) is 3.06. The standard InChI is InChI=1S/C17H16ClNO4/c1-11(23-13-6-4-3-5-7-13)16(20)19-12-8-9-15(18)14(10-12)17(21)22-2/h3-11H,1-2H3,(H,19,20)/t11-/m1/s1. The predicted molar refractivity (Wildman–Crippen MR) is 88.0 cm³/mol. The molecule has 23 heavy (non-hydrogen) atoms. The van der Waals surface area contributed by atoms with Crippen LogP contribution < -0.4 is 10.1 Å². The predicted octanol–water partition coefficient (Wildman–Crippen LogP) is 3.53. The molecule has 0 heterocycles. The first-order valence-corrected chi connectivity index (χ1v) is 7.29. The van der Waals surface area contributed by atoms with Crippen molar-refractivity contribution in [1.29, 1.82) is 0 Å².